The molecule has 4 nitrogen and oxygen atoms in total. The van der Waals surface area contributed by atoms with Crippen molar-refractivity contribution in [3.8, 4) is 0 Å². The van der Waals surface area contributed by atoms with Crippen LogP contribution < -0.4 is 10.2 Å². The molecule has 23 heavy (non-hydrogen) atoms. The van der Waals surface area contributed by atoms with E-state index in [4.69, 9.17) is 0 Å². The molecule has 1 aromatic carbocycles. The highest BCUT2D eigenvalue weighted by atomic mass is 16.1. The van der Waals surface area contributed by atoms with Crippen molar-refractivity contribution in [2.75, 3.05) is 23.3 Å². The van der Waals surface area contributed by atoms with Gasteiger partial charge >= 0.3 is 0 Å². The molecule has 3 rings (SSSR count). The van der Waals surface area contributed by atoms with Crippen molar-refractivity contribution in [3.05, 3.63) is 53.7 Å². The van der Waals surface area contributed by atoms with E-state index in [0.717, 1.165) is 49.4 Å². The van der Waals surface area contributed by atoms with Gasteiger partial charge in [0.25, 0.3) is 5.91 Å². The predicted molar refractivity (Wildman–Crippen MR) is 94.1 cm³/mol. The summed E-state index contributed by atoms with van der Waals surface area (Å²) in [5.74, 6) is 0.721. The first-order valence-electron chi connectivity index (χ1n) is 8.39. The van der Waals surface area contributed by atoms with Gasteiger partial charge in [0.1, 0.15) is 5.82 Å². The molecule has 1 fully saturated rings. The lowest BCUT2D eigenvalue weighted by Crippen LogP contribution is -2.32. The summed E-state index contributed by atoms with van der Waals surface area (Å²) in [5.41, 5.74) is 2.68. The van der Waals surface area contributed by atoms with E-state index in [2.05, 4.69) is 22.1 Å². The first kappa shape index (κ1) is 15.5. The number of aryl methyl sites for hydroxylation is 1. The third-order valence-corrected chi connectivity index (χ3v) is 4.33. The van der Waals surface area contributed by atoms with E-state index in [1.54, 1.807) is 6.20 Å². The summed E-state index contributed by atoms with van der Waals surface area (Å²) < 4.78 is 0. The first-order chi connectivity index (χ1) is 11.3. The van der Waals surface area contributed by atoms with Crippen molar-refractivity contribution in [1.29, 1.82) is 0 Å². The third kappa shape index (κ3) is 3.52. The van der Waals surface area contributed by atoms with E-state index in [1.165, 1.54) is 6.42 Å². The minimum absolute atomic E-state index is 0.0837. The lowest BCUT2D eigenvalue weighted by molar-refractivity contribution is 0.102. The van der Waals surface area contributed by atoms with Crippen LogP contribution in [0, 0.1) is 0 Å². The van der Waals surface area contributed by atoms with Gasteiger partial charge in [0.2, 0.25) is 0 Å². The third-order valence-electron chi connectivity index (χ3n) is 4.33. The zero-order chi connectivity index (χ0) is 16.1. The zero-order valence-electron chi connectivity index (χ0n) is 13.6. The molecule has 4 heteroatoms. The molecule has 2 heterocycles. The molecule has 2 aromatic rings. The van der Waals surface area contributed by atoms with Crippen molar-refractivity contribution < 1.29 is 4.79 Å². The molecule has 1 N–H and O–H groups in total. The maximum absolute atomic E-state index is 12.8. The Labute approximate surface area is 137 Å². The molecular weight excluding hydrogens is 286 g/mol. The number of amides is 1. The Hall–Kier alpha value is -2.36. The van der Waals surface area contributed by atoms with Crippen molar-refractivity contribution in [3.63, 3.8) is 0 Å². The number of aromatic nitrogens is 1. The van der Waals surface area contributed by atoms with E-state index < -0.39 is 0 Å². The van der Waals surface area contributed by atoms with Gasteiger partial charge in [0, 0.05) is 25.0 Å². The van der Waals surface area contributed by atoms with Crippen LogP contribution >= 0.6 is 0 Å². The summed E-state index contributed by atoms with van der Waals surface area (Å²) >= 11 is 0. The summed E-state index contributed by atoms with van der Waals surface area (Å²) in [6, 6.07) is 11.6. The number of hydrogen-bond donors (Lipinski definition) is 1. The lowest BCUT2D eigenvalue weighted by atomic mass is 10.1. The Kier molecular flexibility index (Phi) is 4.91. The fourth-order valence-electron chi connectivity index (χ4n) is 3.07. The van der Waals surface area contributed by atoms with Gasteiger partial charge in [-0.25, -0.2) is 4.98 Å². The maximum Gasteiger partial charge on any atom is 0.259 e. The van der Waals surface area contributed by atoms with E-state index in [9.17, 15) is 4.79 Å². The predicted octanol–water partition coefficient (Wildman–Crippen LogP) is 3.89. The van der Waals surface area contributed by atoms with Gasteiger partial charge in [-0.1, -0.05) is 25.1 Å². The summed E-state index contributed by atoms with van der Waals surface area (Å²) in [5, 5.41) is 3.05. The monoisotopic (exact) mass is 309 g/mol. The number of hydrogen-bond acceptors (Lipinski definition) is 3. The van der Waals surface area contributed by atoms with Gasteiger partial charge in [-0.15, -0.1) is 0 Å². The topological polar surface area (TPSA) is 45.2 Å². The highest BCUT2D eigenvalue weighted by Gasteiger charge is 2.20. The number of anilines is 2. The maximum atomic E-state index is 12.8. The molecule has 1 aromatic heterocycles. The Morgan fingerprint density at radius 3 is 2.70 bits per heavy atom. The average molecular weight is 309 g/mol. The molecule has 0 radical (unpaired) electrons. The molecule has 0 unspecified atom stereocenters. The number of benzene rings is 1. The van der Waals surface area contributed by atoms with Crippen molar-refractivity contribution in [1.82, 2.24) is 4.98 Å². The minimum atomic E-state index is -0.0837. The van der Waals surface area contributed by atoms with Crippen LogP contribution in [0.4, 0.5) is 11.5 Å². The fraction of sp³-hybridized carbons (Fsp3) is 0.368. The smallest absolute Gasteiger partial charge is 0.259 e. The Bertz CT molecular complexity index is 678. The molecule has 1 amide bonds. The quantitative estimate of drug-likeness (QED) is 0.932. The zero-order valence-corrected chi connectivity index (χ0v) is 13.6. The van der Waals surface area contributed by atoms with Gasteiger partial charge in [-0.2, -0.15) is 0 Å². The summed E-state index contributed by atoms with van der Waals surface area (Å²) in [4.78, 5) is 19.5. The Morgan fingerprint density at radius 1 is 1.13 bits per heavy atom. The van der Waals surface area contributed by atoms with Crippen molar-refractivity contribution >= 4 is 17.4 Å². The molecule has 0 bridgehead atoms. The first-order valence-corrected chi connectivity index (χ1v) is 8.39. The van der Waals surface area contributed by atoms with Crippen LogP contribution in [0.5, 0.6) is 0 Å². The van der Waals surface area contributed by atoms with Crippen LogP contribution in [0.2, 0.25) is 0 Å². The van der Waals surface area contributed by atoms with Gasteiger partial charge in [-0.05, 0) is 49.4 Å². The summed E-state index contributed by atoms with van der Waals surface area (Å²) in [7, 11) is 0. The molecule has 0 spiro atoms. The number of nitrogens with one attached hydrogen (secondary N) is 1. The normalized spacial score (nSPS) is 14.6. The second kappa shape index (κ2) is 7.27. The largest absolute Gasteiger partial charge is 0.356 e. The van der Waals surface area contributed by atoms with Crippen LogP contribution in [-0.4, -0.2) is 24.0 Å². The van der Waals surface area contributed by atoms with Crippen molar-refractivity contribution in [2.45, 2.75) is 32.6 Å². The molecule has 1 aliphatic heterocycles. The number of carbonyl (C=O) groups excluding carboxylic acids is 1. The van der Waals surface area contributed by atoms with Crippen LogP contribution in [0.3, 0.4) is 0 Å². The molecule has 0 saturated carbocycles. The lowest BCUT2D eigenvalue weighted by Gasteiger charge is -2.29. The highest BCUT2D eigenvalue weighted by Crippen LogP contribution is 2.23. The van der Waals surface area contributed by atoms with Gasteiger partial charge in [0.15, 0.2) is 0 Å². The van der Waals surface area contributed by atoms with Gasteiger partial charge in [0.05, 0.1) is 5.56 Å². The van der Waals surface area contributed by atoms with Crippen LogP contribution in [0.15, 0.2) is 42.6 Å². The number of rotatable bonds is 4. The van der Waals surface area contributed by atoms with E-state index in [1.807, 2.05) is 36.4 Å². The number of pyridine rings is 1. The minimum Gasteiger partial charge on any atom is -0.356 e. The van der Waals surface area contributed by atoms with E-state index in [-0.39, 0.29) is 5.91 Å². The molecule has 120 valence electrons. The Morgan fingerprint density at radius 2 is 1.91 bits per heavy atom. The highest BCUT2D eigenvalue weighted by molar-refractivity contribution is 6.07. The number of nitrogens with zero attached hydrogens (tertiary/aromatic N) is 2. The average Bonchev–Trinajstić information content (AvgIpc) is 2.63. The van der Waals surface area contributed by atoms with Gasteiger partial charge in [-0.3, -0.25) is 4.79 Å². The number of para-hydroxylation sites is 1. The van der Waals surface area contributed by atoms with Crippen LogP contribution in [0.25, 0.3) is 0 Å². The van der Waals surface area contributed by atoms with Crippen LogP contribution in [0.1, 0.15) is 42.1 Å². The molecule has 1 aliphatic rings. The second-order valence-electron chi connectivity index (χ2n) is 5.89. The standard InChI is InChI=1S/C19H23N3O/c1-2-15-9-4-5-11-17(15)21-19(23)16-10-8-12-20-18(16)22-13-6-3-7-14-22/h4-5,8-12H,2-3,6-7,13-14H2,1H3,(H,21,23). The van der Waals surface area contributed by atoms with Gasteiger partial charge < -0.3 is 10.2 Å². The van der Waals surface area contributed by atoms with E-state index >= 15 is 0 Å². The van der Waals surface area contributed by atoms with Crippen molar-refractivity contribution in [2.24, 2.45) is 0 Å². The second-order valence-corrected chi connectivity index (χ2v) is 5.89. The molecule has 0 atom stereocenters. The Balaban J connectivity index is 1.85. The molecule has 0 aliphatic carbocycles. The van der Waals surface area contributed by atoms with E-state index in [0.29, 0.717) is 5.56 Å². The summed E-state index contributed by atoms with van der Waals surface area (Å²) in [6.45, 7) is 4.04. The number of carbonyl (C=O) groups is 1. The van der Waals surface area contributed by atoms with Crippen LogP contribution in [-0.2, 0) is 6.42 Å². The summed E-state index contributed by atoms with van der Waals surface area (Å²) in [6.07, 6.45) is 6.24. The molecular formula is C19H23N3O. The number of piperidine rings is 1. The fourth-order valence-corrected chi connectivity index (χ4v) is 3.07. The molecule has 1 saturated heterocycles. The SMILES string of the molecule is CCc1ccccc1NC(=O)c1cccnc1N1CCCCC1.